The number of nitrogens with one attached hydrogen (secondary N) is 2. The molecule has 1 atom stereocenters. The van der Waals surface area contributed by atoms with Gasteiger partial charge in [0.2, 0.25) is 0 Å². The number of furan rings is 1. The molecule has 1 aliphatic rings. The lowest BCUT2D eigenvalue weighted by Gasteiger charge is -2.26. The van der Waals surface area contributed by atoms with Gasteiger partial charge in [0.25, 0.3) is 0 Å². The van der Waals surface area contributed by atoms with E-state index >= 15 is 0 Å². The molecule has 0 aliphatic carbocycles. The van der Waals surface area contributed by atoms with Crippen LogP contribution in [0.5, 0.6) is 5.75 Å². The standard InChI is InChI=1S/C24H30N4O2/c1-25-24(27-17-22(23-6-5-13-30-23)28-11-3-4-12-28)26-16-18-7-8-20-15-21(29-2)10-9-19(20)14-18/h5-10,13-15,22H,3-4,11-12,16-17H2,1-2H3,(H2,25,26,27). The summed E-state index contributed by atoms with van der Waals surface area (Å²) in [7, 11) is 3.50. The van der Waals surface area contributed by atoms with Crippen LogP contribution in [-0.2, 0) is 6.54 Å². The molecule has 158 valence electrons. The minimum atomic E-state index is 0.219. The minimum absolute atomic E-state index is 0.219. The molecule has 0 bridgehead atoms. The molecule has 1 saturated heterocycles. The van der Waals surface area contributed by atoms with Crippen molar-refractivity contribution in [3.05, 3.63) is 66.1 Å². The monoisotopic (exact) mass is 406 g/mol. The highest BCUT2D eigenvalue weighted by molar-refractivity contribution is 5.85. The van der Waals surface area contributed by atoms with Crippen LogP contribution in [-0.4, -0.2) is 44.7 Å². The number of guanidine groups is 1. The molecule has 30 heavy (non-hydrogen) atoms. The van der Waals surface area contributed by atoms with Crippen molar-refractivity contribution in [3.63, 3.8) is 0 Å². The maximum atomic E-state index is 5.71. The predicted molar refractivity (Wildman–Crippen MR) is 121 cm³/mol. The molecule has 1 aliphatic heterocycles. The molecule has 0 amide bonds. The fourth-order valence-electron chi connectivity index (χ4n) is 4.05. The van der Waals surface area contributed by atoms with Crippen molar-refractivity contribution in [2.75, 3.05) is 33.8 Å². The van der Waals surface area contributed by atoms with Crippen LogP contribution >= 0.6 is 0 Å². The largest absolute Gasteiger partial charge is 0.497 e. The van der Waals surface area contributed by atoms with Gasteiger partial charge >= 0.3 is 0 Å². The Hall–Kier alpha value is -2.99. The number of nitrogens with zero attached hydrogens (tertiary/aromatic N) is 2. The van der Waals surface area contributed by atoms with Gasteiger partial charge in [-0.2, -0.15) is 0 Å². The summed E-state index contributed by atoms with van der Waals surface area (Å²) in [6.07, 6.45) is 4.25. The molecule has 1 fully saturated rings. The van der Waals surface area contributed by atoms with Crippen LogP contribution in [0.2, 0.25) is 0 Å². The number of fused-ring (bicyclic) bond motifs is 1. The summed E-state index contributed by atoms with van der Waals surface area (Å²) in [5, 5.41) is 9.28. The van der Waals surface area contributed by atoms with Crippen LogP contribution in [0.1, 0.15) is 30.2 Å². The van der Waals surface area contributed by atoms with Crippen molar-refractivity contribution >= 4 is 16.7 Å². The Kier molecular flexibility index (Phi) is 6.54. The van der Waals surface area contributed by atoms with Gasteiger partial charge in [-0.05, 0) is 72.6 Å². The summed E-state index contributed by atoms with van der Waals surface area (Å²) in [6.45, 7) is 3.68. The van der Waals surface area contributed by atoms with E-state index in [1.54, 1.807) is 20.4 Å². The van der Waals surface area contributed by atoms with E-state index in [9.17, 15) is 0 Å². The number of methoxy groups -OCH3 is 1. The SMILES string of the molecule is CN=C(NCc1ccc2cc(OC)ccc2c1)NCC(c1ccco1)N1CCCC1. The van der Waals surface area contributed by atoms with Gasteiger partial charge in [-0.3, -0.25) is 9.89 Å². The second kappa shape index (κ2) is 9.67. The second-order valence-corrected chi connectivity index (χ2v) is 7.63. The Bertz CT molecular complexity index is 978. The number of likely N-dealkylation sites (tertiary alicyclic amines) is 1. The van der Waals surface area contributed by atoms with E-state index in [1.165, 1.54) is 29.2 Å². The van der Waals surface area contributed by atoms with Crippen molar-refractivity contribution < 1.29 is 9.15 Å². The predicted octanol–water partition coefficient (Wildman–Crippen LogP) is 3.94. The van der Waals surface area contributed by atoms with Gasteiger partial charge in [0.05, 0.1) is 19.4 Å². The lowest BCUT2D eigenvalue weighted by atomic mass is 10.1. The quantitative estimate of drug-likeness (QED) is 0.460. The van der Waals surface area contributed by atoms with E-state index in [0.717, 1.165) is 37.1 Å². The van der Waals surface area contributed by atoms with Gasteiger partial charge in [-0.1, -0.05) is 18.2 Å². The van der Waals surface area contributed by atoms with Crippen LogP contribution < -0.4 is 15.4 Å². The first-order valence-corrected chi connectivity index (χ1v) is 10.6. The Morgan fingerprint density at radius 1 is 1.10 bits per heavy atom. The van der Waals surface area contributed by atoms with Crippen molar-refractivity contribution in [1.82, 2.24) is 15.5 Å². The maximum absolute atomic E-state index is 5.71. The molecule has 6 nitrogen and oxygen atoms in total. The lowest BCUT2D eigenvalue weighted by molar-refractivity contribution is 0.215. The third-order valence-corrected chi connectivity index (χ3v) is 5.71. The van der Waals surface area contributed by atoms with Crippen LogP contribution in [0, 0.1) is 0 Å². The molecule has 3 aromatic rings. The molecular weight excluding hydrogens is 376 g/mol. The van der Waals surface area contributed by atoms with Gasteiger partial charge in [-0.25, -0.2) is 0 Å². The summed E-state index contributed by atoms with van der Waals surface area (Å²) in [6, 6.07) is 16.8. The molecule has 2 N–H and O–H groups in total. The summed E-state index contributed by atoms with van der Waals surface area (Å²) in [4.78, 5) is 6.88. The van der Waals surface area contributed by atoms with Crippen molar-refractivity contribution in [1.29, 1.82) is 0 Å². The molecular formula is C24H30N4O2. The van der Waals surface area contributed by atoms with Gasteiger partial charge in [-0.15, -0.1) is 0 Å². The molecule has 1 aromatic heterocycles. The Morgan fingerprint density at radius 2 is 1.90 bits per heavy atom. The lowest BCUT2D eigenvalue weighted by Crippen LogP contribution is -2.42. The molecule has 6 heteroatoms. The van der Waals surface area contributed by atoms with Crippen LogP contribution in [0.3, 0.4) is 0 Å². The first kappa shape index (κ1) is 20.3. The Balaban J connectivity index is 1.37. The topological polar surface area (TPSA) is 62.0 Å². The van der Waals surface area contributed by atoms with Crippen molar-refractivity contribution in [3.8, 4) is 5.75 Å². The average Bonchev–Trinajstić information content (AvgIpc) is 3.50. The fraction of sp³-hybridized carbons (Fsp3) is 0.375. The number of hydrogen-bond acceptors (Lipinski definition) is 4. The number of hydrogen-bond donors (Lipinski definition) is 2. The number of rotatable bonds is 7. The third-order valence-electron chi connectivity index (χ3n) is 5.71. The molecule has 0 spiro atoms. The van der Waals surface area contributed by atoms with Gasteiger partial charge in [0, 0.05) is 20.1 Å². The van der Waals surface area contributed by atoms with Gasteiger partial charge < -0.3 is 19.8 Å². The highest BCUT2D eigenvalue weighted by Gasteiger charge is 2.25. The average molecular weight is 407 g/mol. The summed E-state index contributed by atoms with van der Waals surface area (Å²) < 4.78 is 11.0. The molecule has 4 rings (SSSR count). The molecule has 0 radical (unpaired) electrons. The van der Waals surface area contributed by atoms with Crippen LogP contribution in [0.4, 0.5) is 0 Å². The molecule has 0 saturated carbocycles. The molecule has 1 unspecified atom stereocenters. The van der Waals surface area contributed by atoms with Gasteiger partial charge in [0.1, 0.15) is 11.5 Å². The van der Waals surface area contributed by atoms with E-state index in [2.05, 4.69) is 56.9 Å². The number of benzene rings is 2. The van der Waals surface area contributed by atoms with E-state index in [4.69, 9.17) is 9.15 Å². The zero-order chi connectivity index (χ0) is 20.8. The third kappa shape index (κ3) is 4.76. The van der Waals surface area contributed by atoms with Gasteiger partial charge in [0.15, 0.2) is 5.96 Å². The van der Waals surface area contributed by atoms with Crippen molar-refractivity contribution in [2.45, 2.75) is 25.4 Å². The highest BCUT2D eigenvalue weighted by Crippen LogP contribution is 2.25. The fourth-order valence-corrected chi connectivity index (χ4v) is 4.05. The molecule has 2 heterocycles. The first-order chi connectivity index (χ1) is 14.8. The minimum Gasteiger partial charge on any atom is -0.497 e. The van der Waals surface area contributed by atoms with Crippen molar-refractivity contribution in [2.24, 2.45) is 4.99 Å². The number of aliphatic imine (C=N–C) groups is 1. The zero-order valence-electron chi connectivity index (χ0n) is 17.7. The zero-order valence-corrected chi connectivity index (χ0v) is 17.7. The second-order valence-electron chi connectivity index (χ2n) is 7.63. The summed E-state index contributed by atoms with van der Waals surface area (Å²) in [5.41, 5.74) is 1.21. The summed E-state index contributed by atoms with van der Waals surface area (Å²) >= 11 is 0. The smallest absolute Gasteiger partial charge is 0.191 e. The molecule has 2 aromatic carbocycles. The Morgan fingerprint density at radius 3 is 2.63 bits per heavy atom. The van der Waals surface area contributed by atoms with E-state index < -0.39 is 0 Å². The van der Waals surface area contributed by atoms with E-state index in [-0.39, 0.29) is 6.04 Å². The van der Waals surface area contributed by atoms with Crippen LogP contribution in [0.25, 0.3) is 10.8 Å². The highest BCUT2D eigenvalue weighted by atomic mass is 16.5. The normalized spacial score (nSPS) is 16.0. The summed E-state index contributed by atoms with van der Waals surface area (Å²) in [5.74, 6) is 2.67. The first-order valence-electron chi connectivity index (χ1n) is 10.6. The Labute approximate surface area is 177 Å². The van der Waals surface area contributed by atoms with E-state index in [1.807, 2.05) is 12.1 Å². The van der Waals surface area contributed by atoms with Crippen LogP contribution in [0.15, 0.2) is 64.2 Å². The maximum Gasteiger partial charge on any atom is 0.191 e. The number of ether oxygens (including phenoxy) is 1. The van der Waals surface area contributed by atoms with E-state index in [0.29, 0.717) is 6.54 Å².